The van der Waals surface area contributed by atoms with Crippen molar-refractivity contribution in [2.75, 3.05) is 7.11 Å². The van der Waals surface area contributed by atoms with Crippen LogP contribution in [0.5, 0.6) is 11.5 Å². The molecule has 0 fully saturated rings. The van der Waals surface area contributed by atoms with Crippen molar-refractivity contribution in [3.8, 4) is 17.6 Å². The molecule has 0 saturated carbocycles. The number of methoxy groups -OCH3 is 1. The van der Waals surface area contributed by atoms with Gasteiger partial charge in [0.1, 0.15) is 5.54 Å². The molecule has 1 atom stereocenters. The first kappa shape index (κ1) is 11.3. The highest BCUT2D eigenvalue weighted by Gasteiger charge is 2.18. The molecule has 0 aliphatic heterocycles. The lowest BCUT2D eigenvalue weighted by Crippen LogP contribution is -2.36. The van der Waals surface area contributed by atoms with E-state index in [9.17, 15) is 5.11 Å². The minimum absolute atomic E-state index is 0.0805. The van der Waals surface area contributed by atoms with Crippen LogP contribution in [0, 0.1) is 11.3 Å². The Labute approximate surface area is 88.9 Å². The van der Waals surface area contributed by atoms with Gasteiger partial charge in [0.15, 0.2) is 11.5 Å². The summed E-state index contributed by atoms with van der Waals surface area (Å²) in [5.41, 5.74) is 5.67. The first-order valence-corrected chi connectivity index (χ1v) is 4.54. The van der Waals surface area contributed by atoms with Gasteiger partial charge in [-0.2, -0.15) is 5.26 Å². The standard InChI is InChI=1S/C11H14N2O2/c1-11(13,7-12)6-8-3-4-9(14)10(5-8)15-2/h3-5,14H,6,13H2,1-2H3/t11-/m1/s1. The summed E-state index contributed by atoms with van der Waals surface area (Å²) >= 11 is 0. The number of nitrogens with zero attached hydrogens (tertiary/aromatic N) is 1. The third-order valence-electron chi connectivity index (χ3n) is 2.07. The lowest BCUT2D eigenvalue weighted by Gasteiger charge is -2.15. The van der Waals surface area contributed by atoms with E-state index >= 15 is 0 Å². The Morgan fingerprint density at radius 2 is 2.27 bits per heavy atom. The molecule has 0 saturated heterocycles. The van der Waals surface area contributed by atoms with Crippen molar-refractivity contribution in [1.82, 2.24) is 0 Å². The van der Waals surface area contributed by atoms with Gasteiger partial charge >= 0.3 is 0 Å². The Morgan fingerprint density at radius 3 is 2.80 bits per heavy atom. The van der Waals surface area contributed by atoms with Gasteiger partial charge in [-0.05, 0) is 24.6 Å². The number of ether oxygens (including phenoxy) is 1. The molecule has 1 aromatic rings. The number of hydrogen-bond donors (Lipinski definition) is 2. The fourth-order valence-corrected chi connectivity index (χ4v) is 1.30. The number of rotatable bonds is 3. The number of nitriles is 1. The van der Waals surface area contributed by atoms with Crippen molar-refractivity contribution < 1.29 is 9.84 Å². The molecule has 0 aromatic heterocycles. The van der Waals surface area contributed by atoms with E-state index in [0.29, 0.717) is 12.2 Å². The summed E-state index contributed by atoms with van der Waals surface area (Å²) in [5, 5.41) is 18.2. The van der Waals surface area contributed by atoms with Crippen LogP contribution in [0.4, 0.5) is 0 Å². The zero-order valence-corrected chi connectivity index (χ0v) is 8.82. The number of phenols is 1. The van der Waals surface area contributed by atoms with E-state index in [-0.39, 0.29) is 5.75 Å². The molecule has 0 amide bonds. The van der Waals surface area contributed by atoms with Crippen molar-refractivity contribution in [3.05, 3.63) is 23.8 Å². The SMILES string of the molecule is COc1cc(C[C@@](C)(N)C#N)ccc1O. The predicted molar refractivity (Wildman–Crippen MR) is 56.6 cm³/mol. The van der Waals surface area contributed by atoms with Crippen LogP contribution in [0.2, 0.25) is 0 Å². The molecule has 15 heavy (non-hydrogen) atoms. The van der Waals surface area contributed by atoms with Crippen LogP contribution in [-0.4, -0.2) is 17.8 Å². The van der Waals surface area contributed by atoms with Crippen LogP contribution in [0.3, 0.4) is 0 Å². The fraction of sp³-hybridized carbons (Fsp3) is 0.364. The zero-order valence-electron chi connectivity index (χ0n) is 8.82. The van der Waals surface area contributed by atoms with E-state index in [2.05, 4.69) is 0 Å². The van der Waals surface area contributed by atoms with Gasteiger partial charge in [-0.25, -0.2) is 0 Å². The van der Waals surface area contributed by atoms with Crippen molar-refractivity contribution in [1.29, 1.82) is 5.26 Å². The lowest BCUT2D eigenvalue weighted by atomic mass is 9.95. The molecular weight excluding hydrogens is 192 g/mol. The average molecular weight is 206 g/mol. The van der Waals surface area contributed by atoms with Crippen LogP contribution >= 0.6 is 0 Å². The number of aromatic hydroxyl groups is 1. The van der Waals surface area contributed by atoms with Crippen molar-refractivity contribution in [2.45, 2.75) is 18.9 Å². The molecule has 0 radical (unpaired) electrons. The first-order chi connectivity index (χ1) is 6.98. The first-order valence-electron chi connectivity index (χ1n) is 4.54. The predicted octanol–water partition coefficient (Wildman–Crippen LogP) is 1.18. The van der Waals surface area contributed by atoms with Gasteiger partial charge < -0.3 is 15.6 Å². The maximum atomic E-state index is 9.37. The second-order valence-electron chi connectivity index (χ2n) is 3.71. The summed E-state index contributed by atoms with van der Waals surface area (Å²) in [5.74, 6) is 0.471. The molecule has 0 unspecified atom stereocenters. The van der Waals surface area contributed by atoms with Gasteiger partial charge in [-0.1, -0.05) is 6.07 Å². The molecule has 4 heteroatoms. The highest BCUT2D eigenvalue weighted by molar-refractivity contribution is 5.42. The minimum Gasteiger partial charge on any atom is -0.504 e. The number of benzene rings is 1. The molecule has 80 valence electrons. The molecule has 0 spiro atoms. The smallest absolute Gasteiger partial charge is 0.160 e. The summed E-state index contributed by atoms with van der Waals surface area (Å²) < 4.78 is 4.96. The Kier molecular flexibility index (Phi) is 3.17. The molecular formula is C11H14N2O2. The molecule has 0 aliphatic rings. The van der Waals surface area contributed by atoms with Gasteiger partial charge in [0.25, 0.3) is 0 Å². The third kappa shape index (κ3) is 2.86. The van der Waals surface area contributed by atoms with Gasteiger partial charge in [-0.15, -0.1) is 0 Å². The van der Waals surface area contributed by atoms with E-state index in [0.717, 1.165) is 5.56 Å². The summed E-state index contributed by atoms with van der Waals surface area (Å²) in [4.78, 5) is 0. The second-order valence-corrected chi connectivity index (χ2v) is 3.71. The highest BCUT2D eigenvalue weighted by atomic mass is 16.5. The second kappa shape index (κ2) is 4.20. The largest absolute Gasteiger partial charge is 0.504 e. The Bertz CT molecular complexity index is 394. The van der Waals surface area contributed by atoms with E-state index in [1.807, 2.05) is 6.07 Å². The van der Waals surface area contributed by atoms with Gasteiger partial charge in [0.2, 0.25) is 0 Å². The number of phenolic OH excluding ortho intramolecular Hbond substituents is 1. The van der Waals surface area contributed by atoms with Crippen LogP contribution in [0.15, 0.2) is 18.2 Å². The van der Waals surface area contributed by atoms with Crippen molar-refractivity contribution in [3.63, 3.8) is 0 Å². The summed E-state index contributed by atoms with van der Waals surface area (Å²) in [6.07, 6.45) is 0.417. The summed E-state index contributed by atoms with van der Waals surface area (Å²) in [6, 6.07) is 6.95. The van der Waals surface area contributed by atoms with Crippen molar-refractivity contribution >= 4 is 0 Å². The normalized spacial score (nSPS) is 14.0. The Balaban J connectivity index is 2.94. The molecule has 0 bridgehead atoms. The molecule has 0 heterocycles. The Hall–Kier alpha value is -1.73. The monoisotopic (exact) mass is 206 g/mol. The van der Waals surface area contributed by atoms with Crippen molar-refractivity contribution in [2.24, 2.45) is 5.73 Å². The van der Waals surface area contributed by atoms with Crippen LogP contribution < -0.4 is 10.5 Å². The highest BCUT2D eigenvalue weighted by Crippen LogP contribution is 2.27. The van der Waals surface area contributed by atoms with E-state index < -0.39 is 5.54 Å². The maximum absolute atomic E-state index is 9.37. The van der Waals surface area contributed by atoms with Gasteiger partial charge in [0.05, 0.1) is 13.2 Å². The molecule has 0 aliphatic carbocycles. The molecule has 1 aromatic carbocycles. The zero-order chi connectivity index (χ0) is 11.5. The minimum atomic E-state index is -0.901. The van der Waals surface area contributed by atoms with Crippen LogP contribution in [-0.2, 0) is 6.42 Å². The quantitative estimate of drug-likeness (QED) is 0.778. The van der Waals surface area contributed by atoms with E-state index in [1.54, 1.807) is 19.1 Å². The Morgan fingerprint density at radius 1 is 1.60 bits per heavy atom. The third-order valence-corrected chi connectivity index (χ3v) is 2.07. The van der Waals surface area contributed by atoms with E-state index in [4.69, 9.17) is 15.7 Å². The van der Waals surface area contributed by atoms with Gasteiger partial charge in [0, 0.05) is 6.42 Å². The molecule has 4 nitrogen and oxygen atoms in total. The maximum Gasteiger partial charge on any atom is 0.160 e. The molecule has 1 rings (SSSR count). The lowest BCUT2D eigenvalue weighted by molar-refractivity contribution is 0.372. The topological polar surface area (TPSA) is 79.3 Å². The van der Waals surface area contributed by atoms with Gasteiger partial charge in [-0.3, -0.25) is 0 Å². The molecule has 3 N–H and O–H groups in total. The van der Waals surface area contributed by atoms with Crippen LogP contribution in [0.1, 0.15) is 12.5 Å². The summed E-state index contributed by atoms with van der Waals surface area (Å²) in [7, 11) is 1.48. The summed E-state index contributed by atoms with van der Waals surface area (Å²) in [6.45, 7) is 1.66. The number of nitrogens with two attached hydrogens (primary N) is 1. The number of hydrogen-bond acceptors (Lipinski definition) is 4. The van der Waals surface area contributed by atoms with Crippen LogP contribution in [0.25, 0.3) is 0 Å². The fourth-order valence-electron chi connectivity index (χ4n) is 1.30. The average Bonchev–Trinajstić information content (AvgIpc) is 2.20. The van der Waals surface area contributed by atoms with E-state index in [1.165, 1.54) is 13.2 Å².